The first-order valence-corrected chi connectivity index (χ1v) is 8.99. The molecule has 144 valence electrons. The molecule has 0 aliphatic carbocycles. The Morgan fingerprint density at radius 1 is 1.37 bits per heavy atom. The molecule has 2 aromatic heterocycles. The van der Waals surface area contributed by atoms with E-state index in [1.165, 1.54) is 18.6 Å². The SMILES string of the molecule is Cc1[nH]nc(CCC(=O)N2CC[C@@H](NC(=O)c3cnccn3)[C@H](O)C2)c1C. The molecule has 1 fully saturated rings. The molecule has 0 bridgehead atoms. The van der Waals surface area contributed by atoms with Gasteiger partial charge >= 0.3 is 0 Å². The lowest BCUT2D eigenvalue weighted by molar-refractivity contribution is -0.134. The van der Waals surface area contributed by atoms with E-state index in [0.717, 1.165) is 17.0 Å². The zero-order valence-electron chi connectivity index (χ0n) is 15.5. The van der Waals surface area contributed by atoms with Crippen LogP contribution in [0, 0.1) is 13.8 Å². The molecule has 3 N–H and O–H groups in total. The van der Waals surface area contributed by atoms with Gasteiger partial charge in [-0.1, -0.05) is 0 Å². The zero-order valence-corrected chi connectivity index (χ0v) is 15.5. The van der Waals surface area contributed by atoms with Crippen LogP contribution in [0.4, 0.5) is 0 Å². The number of piperidine rings is 1. The molecule has 9 heteroatoms. The van der Waals surface area contributed by atoms with E-state index >= 15 is 0 Å². The number of rotatable bonds is 5. The van der Waals surface area contributed by atoms with Gasteiger partial charge < -0.3 is 15.3 Å². The topological polar surface area (TPSA) is 124 Å². The highest BCUT2D eigenvalue weighted by molar-refractivity contribution is 5.92. The number of aliphatic hydroxyl groups excluding tert-OH is 1. The van der Waals surface area contributed by atoms with Crippen molar-refractivity contribution in [2.75, 3.05) is 13.1 Å². The average molecular weight is 372 g/mol. The van der Waals surface area contributed by atoms with Crippen LogP contribution < -0.4 is 5.32 Å². The smallest absolute Gasteiger partial charge is 0.271 e. The van der Waals surface area contributed by atoms with Crippen molar-refractivity contribution in [3.8, 4) is 0 Å². The van der Waals surface area contributed by atoms with Gasteiger partial charge in [0, 0.05) is 44.0 Å². The fraction of sp³-hybridized carbons (Fsp3) is 0.500. The largest absolute Gasteiger partial charge is 0.389 e. The Hall–Kier alpha value is -2.81. The van der Waals surface area contributed by atoms with Gasteiger partial charge in [-0.2, -0.15) is 5.10 Å². The quantitative estimate of drug-likeness (QED) is 0.686. The minimum absolute atomic E-state index is 0.0206. The molecule has 0 aromatic carbocycles. The molecule has 0 saturated carbocycles. The van der Waals surface area contributed by atoms with Crippen LogP contribution >= 0.6 is 0 Å². The van der Waals surface area contributed by atoms with Gasteiger partial charge in [0.1, 0.15) is 5.69 Å². The van der Waals surface area contributed by atoms with Gasteiger partial charge in [0.05, 0.1) is 24.0 Å². The molecule has 2 aromatic rings. The number of aryl methyl sites for hydroxylation is 2. The fourth-order valence-corrected chi connectivity index (χ4v) is 3.15. The summed E-state index contributed by atoms with van der Waals surface area (Å²) in [6.45, 7) is 4.61. The number of aromatic amines is 1. The summed E-state index contributed by atoms with van der Waals surface area (Å²) in [5.41, 5.74) is 3.18. The minimum Gasteiger partial charge on any atom is -0.389 e. The molecule has 1 saturated heterocycles. The molecule has 0 spiro atoms. The summed E-state index contributed by atoms with van der Waals surface area (Å²) in [6, 6.07) is -0.417. The molecule has 2 atom stereocenters. The van der Waals surface area contributed by atoms with Crippen LogP contribution in [0.5, 0.6) is 0 Å². The number of nitrogens with one attached hydrogen (secondary N) is 2. The summed E-state index contributed by atoms with van der Waals surface area (Å²) in [7, 11) is 0. The molecule has 1 aliphatic heterocycles. The average Bonchev–Trinajstić information content (AvgIpc) is 3.00. The standard InChI is InChI=1S/C18H24N6O3/c1-11-12(2)22-23-13(11)3-4-17(26)24-8-5-14(16(25)10-24)21-18(27)15-9-19-6-7-20-15/h6-7,9,14,16,25H,3-5,8,10H2,1-2H3,(H,21,27)(H,22,23)/t14-,16-/m1/s1. The summed E-state index contributed by atoms with van der Waals surface area (Å²) in [4.78, 5) is 34.1. The first-order chi connectivity index (χ1) is 13.0. The highest BCUT2D eigenvalue weighted by Gasteiger charge is 2.31. The number of hydrogen-bond donors (Lipinski definition) is 3. The molecule has 3 heterocycles. The van der Waals surface area contributed by atoms with Crippen LogP contribution in [0.3, 0.4) is 0 Å². The maximum atomic E-state index is 12.5. The van der Waals surface area contributed by atoms with Crippen molar-refractivity contribution in [3.63, 3.8) is 0 Å². The molecular formula is C18H24N6O3. The number of aromatic nitrogens is 4. The predicted octanol–water partition coefficient (Wildman–Crippen LogP) is 0.141. The van der Waals surface area contributed by atoms with Gasteiger partial charge in [0.15, 0.2) is 0 Å². The summed E-state index contributed by atoms with van der Waals surface area (Å²) < 4.78 is 0. The highest BCUT2D eigenvalue weighted by Crippen LogP contribution is 2.15. The lowest BCUT2D eigenvalue weighted by atomic mass is 10.0. The molecule has 1 aliphatic rings. The fourth-order valence-electron chi connectivity index (χ4n) is 3.15. The first-order valence-electron chi connectivity index (χ1n) is 8.99. The Bertz CT molecular complexity index is 807. The number of amides is 2. The Morgan fingerprint density at radius 3 is 2.81 bits per heavy atom. The maximum absolute atomic E-state index is 12.5. The normalized spacial score (nSPS) is 19.7. The third kappa shape index (κ3) is 4.48. The van der Waals surface area contributed by atoms with Crippen molar-refractivity contribution in [1.29, 1.82) is 0 Å². The number of β-amino-alcohol motifs (C(OH)–C–C–N with tert-alkyl or cyclic N) is 1. The molecule has 0 radical (unpaired) electrons. The number of carbonyl (C=O) groups is 2. The second-order valence-corrected chi connectivity index (χ2v) is 6.79. The number of likely N-dealkylation sites (tertiary alicyclic amines) is 1. The number of nitrogens with zero attached hydrogens (tertiary/aromatic N) is 4. The summed E-state index contributed by atoms with van der Waals surface area (Å²) in [6.07, 6.45) is 4.87. The van der Waals surface area contributed by atoms with Gasteiger partial charge in [-0.3, -0.25) is 19.7 Å². The second-order valence-electron chi connectivity index (χ2n) is 6.79. The van der Waals surface area contributed by atoms with Crippen LogP contribution in [0.25, 0.3) is 0 Å². The van der Waals surface area contributed by atoms with E-state index in [1.807, 2.05) is 13.8 Å². The molecule has 3 rings (SSSR count). The first kappa shape index (κ1) is 19.0. The predicted molar refractivity (Wildman–Crippen MR) is 96.9 cm³/mol. The van der Waals surface area contributed by atoms with E-state index in [9.17, 15) is 14.7 Å². The Balaban J connectivity index is 1.49. The number of carbonyl (C=O) groups excluding carboxylic acids is 2. The number of H-pyrrole nitrogens is 1. The Labute approximate surface area is 157 Å². The summed E-state index contributed by atoms with van der Waals surface area (Å²) in [5, 5.41) is 20.3. The molecular weight excluding hydrogens is 348 g/mol. The van der Waals surface area contributed by atoms with Crippen LogP contribution in [0.1, 0.15) is 40.3 Å². The van der Waals surface area contributed by atoms with Crippen molar-refractivity contribution < 1.29 is 14.7 Å². The van der Waals surface area contributed by atoms with Crippen molar-refractivity contribution in [1.82, 2.24) is 30.4 Å². The monoisotopic (exact) mass is 372 g/mol. The van der Waals surface area contributed by atoms with Crippen LogP contribution in [-0.2, 0) is 11.2 Å². The van der Waals surface area contributed by atoms with Crippen molar-refractivity contribution in [2.45, 2.75) is 45.3 Å². The Morgan fingerprint density at radius 2 is 2.19 bits per heavy atom. The molecule has 27 heavy (non-hydrogen) atoms. The lowest BCUT2D eigenvalue weighted by Crippen LogP contribution is -2.55. The number of hydrogen-bond acceptors (Lipinski definition) is 6. The van der Waals surface area contributed by atoms with Crippen molar-refractivity contribution >= 4 is 11.8 Å². The van der Waals surface area contributed by atoms with Crippen LogP contribution in [-0.4, -0.2) is 67.2 Å². The summed E-state index contributed by atoms with van der Waals surface area (Å²) >= 11 is 0. The van der Waals surface area contributed by atoms with Crippen molar-refractivity contribution in [2.24, 2.45) is 0 Å². The minimum atomic E-state index is -0.822. The van der Waals surface area contributed by atoms with Crippen molar-refractivity contribution in [3.05, 3.63) is 41.2 Å². The molecule has 0 unspecified atom stereocenters. The van der Waals surface area contributed by atoms with E-state index in [-0.39, 0.29) is 24.1 Å². The van der Waals surface area contributed by atoms with E-state index in [1.54, 1.807) is 4.90 Å². The number of aliphatic hydroxyl groups is 1. The third-order valence-corrected chi connectivity index (χ3v) is 4.98. The van der Waals surface area contributed by atoms with Gasteiger partial charge in [-0.15, -0.1) is 0 Å². The van der Waals surface area contributed by atoms with Crippen LogP contribution in [0.2, 0.25) is 0 Å². The van der Waals surface area contributed by atoms with E-state index in [4.69, 9.17) is 0 Å². The second kappa shape index (κ2) is 8.26. The Kier molecular flexibility index (Phi) is 5.80. The maximum Gasteiger partial charge on any atom is 0.271 e. The molecule has 2 amide bonds. The third-order valence-electron chi connectivity index (χ3n) is 4.98. The van der Waals surface area contributed by atoms with Gasteiger partial charge in [0.25, 0.3) is 5.91 Å². The van der Waals surface area contributed by atoms with Gasteiger partial charge in [-0.25, -0.2) is 4.98 Å². The van der Waals surface area contributed by atoms with E-state index in [2.05, 4.69) is 25.5 Å². The highest BCUT2D eigenvalue weighted by atomic mass is 16.3. The molecule has 9 nitrogen and oxygen atoms in total. The van der Waals surface area contributed by atoms with E-state index in [0.29, 0.717) is 25.8 Å². The lowest BCUT2D eigenvalue weighted by Gasteiger charge is -2.36. The van der Waals surface area contributed by atoms with Gasteiger partial charge in [-0.05, 0) is 25.8 Å². The van der Waals surface area contributed by atoms with Gasteiger partial charge in [0.2, 0.25) is 5.91 Å². The zero-order chi connectivity index (χ0) is 19.4. The van der Waals surface area contributed by atoms with E-state index < -0.39 is 12.1 Å². The van der Waals surface area contributed by atoms with Crippen LogP contribution in [0.15, 0.2) is 18.6 Å². The summed E-state index contributed by atoms with van der Waals surface area (Å²) in [5.74, 6) is -0.399.